The largest absolute Gasteiger partial charge is 0.394 e. The standard InChI is InChI=1S/C66H123NO18/c1-3-5-7-9-11-12-13-14-15-16-17-18-19-20-21-22-23-24-25-26-27-28-29-30-31-32-33-34-35-36-38-40-42-44-54(72)67-49(50(71)43-41-39-37-10-8-6-4-2)48-80-64-60(78)57(75)62(52(46-69)82-64)85-66-61(79)58(76)63(53(47-70)83-66)84-65-59(77)56(74)55(73)51(45-68)81-65/h16-17,41,43,49-53,55-66,68-71,73-79H,3-15,18-40,42,44-48H2,1-2H3,(H,67,72)/b17-16-,43-41+. The Morgan fingerprint density at radius 2 is 0.741 bits per heavy atom. The molecule has 500 valence electrons. The number of hydrogen-bond acceptors (Lipinski definition) is 18. The smallest absolute Gasteiger partial charge is 0.220 e. The molecule has 3 saturated heterocycles. The molecular formula is C66H123NO18. The first-order chi connectivity index (χ1) is 41.3. The van der Waals surface area contributed by atoms with Gasteiger partial charge in [0.25, 0.3) is 0 Å². The topological polar surface area (TPSA) is 307 Å². The molecule has 17 unspecified atom stereocenters. The molecular weight excluding hydrogens is 1090 g/mol. The van der Waals surface area contributed by atoms with Gasteiger partial charge in [-0.2, -0.15) is 0 Å². The van der Waals surface area contributed by atoms with Crippen molar-refractivity contribution in [2.45, 2.75) is 362 Å². The molecule has 12 N–H and O–H groups in total. The molecule has 3 rings (SSSR count). The van der Waals surface area contributed by atoms with Crippen LogP contribution in [-0.4, -0.2) is 193 Å². The maximum atomic E-state index is 13.3. The summed E-state index contributed by atoms with van der Waals surface area (Å²) < 4.78 is 34.2. The van der Waals surface area contributed by atoms with Gasteiger partial charge >= 0.3 is 0 Å². The van der Waals surface area contributed by atoms with Gasteiger partial charge in [-0.15, -0.1) is 0 Å². The molecule has 17 atom stereocenters. The van der Waals surface area contributed by atoms with Gasteiger partial charge in [-0.05, 0) is 44.9 Å². The molecule has 0 aromatic heterocycles. The van der Waals surface area contributed by atoms with E-state index in [-0.39, 0.29) is 18.9 Å². The highest BCUT2D eigenvalue weighted by Gasteiger charge is 2.53. The average Bonchev–Trinajstić information content (AvgIpc) is 2.11. The first-order valence-electron chi connectivity index (χ1n) is 34.1. The number of rotatable bonds is 52. The lowest BCUT2D eigenvalue weighted by Crippen LogP contribution is -2.66. The Labute approximate surface area is 511 Å². The van der Waals surface area contributed by atoms with Crippen LogP contribution in [0.15, 0.2) is 24.3 Å². The molecule has 0 aromatic rings. The lowest BCUT2D eigenvalue weighted by molar-refractivity contribution is -0.379. The van der Waals surface area contributed by atoms with Crippen LogP contribution in [0.1, 0.15) is 258 Å². The van der Waals surface area contributed by atoms with Crippen molar-refractivity contribution in [3.63, 3.8) is 0 Å². The van der Waals surface area contributed by atoms with E-state index in [1.807, 2.05) is 6.08 Å². The zero-order valence-corrected chi connectivity index (χ0v) is 52.6. The summed E-state index contributed by atoms with van der Waals surface area (Å²) in [6, 6.07) is -0.967. The Morgan fingerprint density at radius 1 is 0.412 bits per heavy atom. The van der Waals surface area contributed by atoms with E-state index in [9.17, 15) is 61.0 Å². The van der Waals surface area contributed by atoms with Gasteiger partial charge in [0, 0.05) is 6.42 Å². The maximum Gasteiger partial charge on any atom is 0.220 e. The Bertz CT molecular complexity index is 1640. The number of hydrogen-bond donors (Lipinski definition) is 12. The fraction of sp³-hybridized carbons (Fsp3) is 0.924. The predicted molar refractivity (Wildman–Crippen MR) is 328 cm³/mol. The minimum absolute atomic E-state index is 0.247. The number of amides is 1. The van der Waals surface area contributed by atoms with Gasteiger partial charge in [0.2, 0.25) is 5.91 Å². The molecule has 3 aliphatic rings. The predicted octanol–water partition coefficient (Wildman–Crippen LogP) is 8.27. The molecule has 0 spiro atoms. The van der Waals surface area contributed by atoms with Crippen molar-refractivity contribution in [1.29, 1.82) is 0 Å². The summed E-state index contributed by atoms with van der Waals surface area (Å²) in [5, 5.41) is 120. The molecule has 0 aliphatic carbocycles. The van der Waals surface area contributed by atoms with Crippen LogP contribution in [0.2, 0.25) is 0 Å². The highest BCUT2D eigenvalue weighted by Crippen LogP contribution is 2.33. The van der Waals surface area contributed by atoms with Crippen LogP contribution in [0.3, 0.4) is 0 Å². The molecule has 0 bridgehead atoms. The van der Waals surface area contributed by atoms with Crippen LogP contribution in [0, 0.1) is 0 Å². The highest BCUT2D eigenvalue weighted by molar-refractivity contribution is 5.76. The first kappa shape index (κ1) is 77.5. The van der Waals surface area contributed by atoms with Crippen LogP contribution in [0.25, 0.3) is 0 Å². The Morgan fingerprint density at radius 3 is 1.14 bits per heavy atom. The van der Waals surface area contributed by atoms with Crippen molar-refractivity contribution in [2.24, 2.45) is 0 Å². The quantitative estimate of drug-likeness (QED) is 0.0201. The number of carbonyl (C=O) groups excluding carboxylic acids is 1. The van der Waals surface area contributed by atoms with Crippen LogP contribution >= 0.6 is 0 Å². The van der Waals surface area contributed by atoms with Crippen LogP contribution in [-0.2, 0) is 33.2 Å². The zero-order valence-electron chi connectivity index (χ0n) is 52.6. The van der Waals surface area contributed by atoms with Gasteiger partial charge in [0.05, 0.1) is 38.6 Å². The lowest BCUT2D eigenvalue weighted by atomic mass is 9.96. The number of ether oxygens (including phenoxy) is 6. The highest BCUT2D eigenvalue weighted by atomic mass is 16.8. The fourth-order valence-corrected chi connectivity index (χ4v) is 11.7. The molecule has 19 nitrogen and oxygen atoms in total. The Balaban J connectivity index is 1.29. The van der Waals surface area contributed by atoms with Crippen molar-refractivity contribution in [3.8, 4) is 0 Å². The first-order valence-corrected chi connectivity index (χ1v) is 34.1. The molecule has 0 saturated carbocycles. The summed E-state index contributed by atoms with van der Waals surface area (Å²) in [6.45, 7) is 1.67. The van der Waals surface area contributed by atoms with Crippen molar-refractivity contribution in [2.75, 3.05) is 26.4 Å². The van der Waals surface area contributed by atoms with Gasteiger partial charge in [-0.1, -0.05) is 231 Å². The molecule has 85 heavy (non-hydrogen) atoms. The third-order valence-corrected chi connectivity index (χ3v) is 17.2. The van der Waals surface area contributed by atoms with Gasteiger partial charge in [-0.3, -0.25) is 4.79 Å². The van der Waals surface area contributed by atoms with Gasteiger partial charge < -0.3 is 89.9 Å². The van der Waals surface area contributed by atoms with E-state index in [0.29, 0.717) is 6.42 Å². The second-order valence-corrected chi connectivity index (χ2v) is 24.6. The molecule has 0 radical (unpaired) electrons. The van der Waals surface area contributed by atoms with E-state index >= 15 is 0 Å². The minimum Gasteiger partial charge on any atom is -0.394 e. The normalized spacial score (nSPS) is 29.1. The second kappa shape index (κ2) is 49.0. The van der Waals surface area contributed by atoms with Gasteiger partial charge in [-0.25, -0.2) is 0 Å². The summed E-state index contributed by atoms with van der Waals surface area (Å²) in [4.78, 5) is 13.3. The monoisotopic (exact) mass is 1220 g/mol. The van der Waals surface area contributed by atoms with E-state index < -0.39 is 124 Å². The van der Waals surface area contributed by atoms with Crippen LogP contribution in [0.5, 0.6) is 0 Å². The number of allylic oxidation sites excluding steroid dienone is 3. The summed E-state index contributed by atoms with van der Waals surface area (Å²) in [6.07, 6.45) is 28.1. The summed E-state index contributed by atoms with van der Waals surface area (Å²) >= 11 is 0. The average molecular weight is 1220 g/mol. The van der Waals surface area contributed by atoms with Gasteiger partial charge in [0.15, 0.2) is 18.9 Å². The van der Waals surface area contributed by atoms with Crippen LogP contribution < -0.4 is 5.32 Å². The Kier molecular flexibility index (Phi) is 44.7. The van der Waals surface area contributed by atoms with E-state index in [1.54, 1.807) is 6.08 Å². The minimum atomic E-state index is -1.97. The van der Waals surface area contributed by atoms with E-state index in [4.69, 9.17) is 28.4 Å². The number of nitrogens with one attached hydrogen (secondary N) is 1. The molecule has 1 amide bonds. The summed E-state index contributed by atoms with van der Waals surface area (Å²) in [5.74, 6) is -0.276. The van der Waals surface area contributed by atoms with Crippen molar-refractivity contribution in [1.82, 2.24) is 5.32 Å². The summed E-state index contributed by atoms with van der Waals surface area (Å²) in [7, 11) is 0. The molecule has 3 fully saturated rings. The SMILES string of the molecule is CCCCCCC/C=C/C(O)C(COC1OC(CO)C(OC2OC(CO)C(OC3OC(CO)C(O)C(O)C3O)C(O)C2O)C(O)C1O)NC(=O)CCCCCCCCCCCCCCCCCCCCCCC/C=C\CCCCCCCCCC. The van der Waals surface area contributed by atoms with Crippen molar-refractivity contribution in [3.05, 3.63) is 24.3 Å². The number of aliphatic hydroxyl groups is 11. The Hall–Kier alpha value is -1.73. The number of aliphatic hydroxyl groups excluding tert-OH is 11. The van der Waals surface area contributed by atoms with E-state index in [0.717, 1.165) is 57.8 Å². The summed E-state index contributed by atoms with van der Waals surface area (Å²) in [5.41, 5.74) is 0. The second-order valence-electron chi connectivity index (χ2n) is 24.6. The maximum absolute atomic E-state index is 13.3. The molecule has 0 aromatic carbocycles. The third kappa shape index (κ3) is 31.7. The van der Waals surface area contributed by atoms with Crippen molar-refractivity contribution >= 4 is 5.91 Å². The fourth-order valence-electron chi connectivity index (χ4n) is 11.7. The zero-order chi connectivity index (χ0) is 61.9. The molecule has 3 aliphatic heterocycles. The molecule has 3 heterocycles. The van der Waals surface area contributed by atoms with Crippen LogP contribution in [0.4, 0.5) is 0 Å². The number of carbonyl (C=O) groups is 1. The van der Waals surface area contributed by atoms with Crippen molar-refractivity contribution < 1.29 is 89.4 Å². The number of unbranched alkanes of at least 4 members (excludes halogenated alkanes) is 34. The molecule has 19 heteroatoms. The van der Waals surface area contributed by atoms with Gasteiger partial charge in [0.1, 0.15) is 73.2 Å². The lowest BCUT2D eigenvalue weighted by Gasteiger charge is -2.48. The third-order valence-electron chi connectivity index (χ3n) is 17.2. The van der Waals surface area contributed by atoms with E-state index in [2.05, 4.69) is 31.3 Å². The van der Waals surface area contributed by atoms with E-state index in [1.165, 1.54) is 173 Å².